The maximum Gasteiger partial charge on any atom is 0.242 e. The minimum atomic E-state index is -3.45. The van der Waals surface area contributed by atoms with Crippen LogP contribution in [0.1, 0.15) is 33.6 Å². The molecule has 1 unspecified atom stereocenters. The fraction of sp³-hybridized carbons (Fsp3) is 0.538. The maximum atomic E-state index is 12.2. The van der Waals surface area contributed by atoms with Crippen LogP contribution in [0.25, 0.3) is 0 Å². The Morgan fingerprint density at radius 3 is 2.50 bits per heavy atom. The van der Waals surface area contributed by atoms with Crippen molar-refractivity contribution >= 4 is 15.7 Å². The van der Waals surface area contributed by atoms with Gasteiger partial charge in [0, 0.05) is 12.6 Å². The minimum absolute atomic E-state index is 0.0609. The molecule has 102 valence electrons. The van der Waals surface area contributed by atoms with Gasteiger partial charge in [-0.2, -0.15) is 0 Å². The fourth-order valence-corrected chi connectivity index (χ4v) is 3.03. The van der Waals surface area contributed by atoms with E-state index in [9.17, 15) is 8.42 Å². The van der Waals surface area contributed by atoms with Gasteiger partial charge in [-0.1, -0.05) is 26.0 Å². The van der Waals surface area contributed by atoms with Crippen LogP contribution in [0.4, 0.5) is 5.69 Å². The second-order valence-electron chi connectivity index (χ2n) is 4.35. The Kier molecular flexibility index (Phi) is 5.62. The summed E-state index contributed by atoms with van der Waals surface area (Å²) in [4.78, 5) is 0.318. The van der Waals surface area contributed by atoms with Crippen LogP contribution in [-0.4, -0.2) is 21.0 Å². The Bertz CT molecular complexity index is 472. The van der Waals surface area contributed by atoms with Crippen molar-refractivity contribution in [2.75, 3.05) is 11.9 Å². The molecule has 1 atom stereocenters. The van der Waals surface area contributed by atoms with Crippen molar-refractivity contribution in [1.82, 2.24) is 4.72 Å². The van der Waals surface area contributed by atoms with Gasteiger partial charge in [-0.25, -0.2) is 13.1 Å². The first kappa shape index (κ1) is 15.0. The number of hydrogen-bond donors (Lipinski definition) is 2. The van der Waals surface area contributed by atoms with Gasteiger partial charge in [0.2, 0.25) is 10.0 Å². The Hall–Kier alpha value is -1.07. The zero-order valence-electron chi connectivity index (χ0n) is 11.2. The van der Waals surface area contributed by atoms with E-state index in [2.05, 4.69) is 10.0 Å². The number of sulfonamides is 1. The van der Waals surface area contributed by atoms with Gasteiger partial charge in [0.05, 0.1) is 5.69 Å². The number of benzene rings is 1. The van der Waals surface area contributed by atoms with E-state index < -0.39 is 10.0 Å². The van der Waals surface area contributed by atoms with Gasteiger partial charge < -0.3 is 5.32 Å². The Morgan fingerprint density at radius 1 is 1.22 bits per heavy atom. The number of rotatable bonds is 7. The third-order valence-electron chi connectivity index (χ3n) is 2.71. The normalized spacial score (nSPS) is 13.3. The monoisotopic (exact) mass is 270 g/mol. The highest BCUT2D eigenvalue weighted by Crippen LogP contribution is 2.21. The van der Waals surface area contributed by atoms with E-state index in [1.54, 1.807) is 18.2 Å². The van der Waals surface area contributed by atoms with Crippen LogP contribution in [0.5, 0.6) is 0 Å². The predicted molar refractivity (Wildman–Crippen MR) is 75.3 cm³/mol. The smallest absolute Gasteiger partial charge is 0.242 e. The molecule has 0 spiro atoms. The molecule has 0 aliphatic heterocycles. The zero-order valence-corrected chi connectivity index (χ0v) is 12.0. The van der Waals surface area contributed by atoms with Crippen LogP contribution in [0.15, 0.2) is 29.2 Å². The van der Waals surface area contributed by atoms with Crippen LogP contribution in [0.2, 0.25) is 0 Å². The lowest BCUT2D eigenvalue weighted by Gasteiger charge is -2.15. The van der Waals surface area contributed by atoms with Crippen LogP contribution in [-0.2, 0) is 10.0 Å². The summed E-state index contributed by atoms with van der Waals surface area (Å²) in [5.74, 6) is 0. The van der Waals surface area contributed by atoms with Crippen molar-refractivity contribution < 1.29 is 8.42 Å². The molecule has 0 saturated heterocycles. The molecular formula is C13H22N2O2S. The second-order valence-corrected chi connectivity index (χ2v) is 6.04. The summed E-state index contributed by atoms with van der Waals surface area (Å²) in [5, 5.41) is 3.14. The molecule has 0 heterocycles. The van der Waals surface area contributed by atoms with Gasteiger partial charge in [-0.05, 0) is 31.9 Å². The molecule has 0 bridgehead atoms. The molecule has 0 aliphatic rings. The van der Waals surface area contributed by atoms with E-state index in [0.29, 0.717) is 10.6 Å². The van der Waals surface area contributed by atoms with Crippen molar-refractivity contribution in [1.29, 1.82) is 0 Å². The average Bonchev–Trinajstić information content (AvgIpc) is 2.36. The summed E-state index contributed by atoms with van der Waals surface area (Å²) in [6.45, 7) is 6.62. The fourth-order valence-electron chi connectivity index (χ4n) is 1.52. The van der Waals surface area contributed by atoms with E-state index in [1.165, 1.54) is 0 Å². The number of para-hydroxylation sites is 1. The van der Waals surface area contributed by atoms with Crippen molar-refractivity contribution in [3.05, 3.63) is 24.3 Å². The molecule has 5 heteroatoms. The predicted octanol–water partition coefficient (Wildman–Crippen LogP) is 2.59. The van der Waals surface area contributed by atoms with Gasteiger partial charge >= 0.3 is 0 Å². The second kappa shape index (κ2) is 6.75. The lowest BCUT2D eigenvalue weighted by atomic mass is 10.3. The van der Waals surface area contributed by atoms with Gasteiger partial charge in [0.25, 0.3) is 0 Å². The molecule has 0 amide bonds. The molecule has 1 aromatic rings. The zero-order chi connectivity index (χ0) is 13.6. The third kappa shape index (κ3) is 3.99. The van der Waals surface area contributed by atoms with Gasteiger partial charge in [0.1, 0.15) is 4.90 Å². The summed E-state index contributed by atoms with van der Waals surface area (Å²) in [6, 6.07) is 6.93. The minimum Gasteiger partial charge on any atom is -0.384 e. The lowest BCUT2D eigenvalue weighted by Crippen LogP contribution is -2.32. The SMILES string of the molecule is CCCNc1ccccc1S(=O)(=O)NC(C)CC. The highest BCUT2D eigenvalue weighted by molar-refractivity contribution is 7.89. The highest BCUT2D eigenvalue weighted by Gasteiger charge is 2.19. The highest BCUT2D eigenvalue weighted by atomic mass is 32.2. The topological polar surface area (TPSA) is 58.2 Å². The largest absolute Gasteiger partial charge is 0.384 e. The summed E-state index contributed by atoms with van der Waals surface area (Å²) in [7, 11) is -3.45. The molecule has 0 fully saturated rings. The van der Waals surface area contributed by atoms with E-state index in [-0.39, 0.29) is 6.04 Å². The summed E-state index contributed by atoms with van der Waals surface area (Å²) < 4.78 is 27.1. The Balaban J connectivity index is 3.00. The van der Waals surface area contributed by atoms with Crippen molar-refractivity contribution in [3.8, 4) is 0 Å². The van der Waals surface area contributed by atoms with E-state index in [1.807, 2.05) is 26.8 Å². The average molecular weight is 270 g/mol. The molecule has 2 N–H and O–H groups in total. The van der Waals surface area contributed by atoms with Crippen molar-refractivity contribution in [2.45, 2.75) is 44.6 Å². The third-order valence-corrected chi connectivity index (χ3v) is 4.36. The first-order valence-electron chi connectivity index (χ1n) is 6.36. The van der Waals surface area contributed by atoms with Crippen LogP contribution < -0.4 is 10.0 Å². The Labute approximate surface area is 110 Å². The van der Waals surface area contributed by atoms with Crippen LogP contribution >= 0.6 is 0 Å². The van der Waals surface area contributed by atoms with E-state index >= 15 is 0 Å². The Morgan fingerprint density at radius 2 is 1.89 bits per heavy atom. The molecule has 0 aliphatic carbocycles. The van der Waals surface area contributed by atoms with Crippen molar-refractivity contribution in [2.24, 2.45) is 0 Å². The molecular weight excluding hydrogens is 248 g/mol. The molecule has 4 nitrogen and oxygen atoms in total. The lowest BCUT2D eigenvalue weighted by molar-refractivity contribution is 0.556. The number of anilines is 1. The van der Waals surface area contributed by atoms with Gasteiger partial charge in [-0.3, -0.25) is 0 Å². The molecule has 0 radical (unpaired) electrons. The quantitative estimate of drug-likeness (QED) is 0.800. The number of nitrogens with one attached hydrogen (secondary N) is 2. The first-order valence-corrected chi connectivity index (χ1v) is 7.84. The molecule has 1 aromatic carbocycles. The molecule has 1 rings (SSSR count). The van der Waals surface area contributed by atoms with Crippen LogP contribution in [0.3, 0.4) is 0 Å². The van der Waals surface area contributed by atoms with Crippen LogP contribution in [0, 0.1) is 0 Å². The first-order chi connectivity index (χ1) is 8.51. The maximum absolute atomic E-state index is 12.2. The van der Waals surface area contributed by atoms with Gasteiger partial charge in [-0.15, -0.1) is 0 Å². The molecule has 0 saturated carbocycles. The number of hydrogen-bond acceptors (Lipinski definition) is 3. The van der Waals surface area contributed by atoms with E-state index in [4.69, 9.17) is 0 Å². The van der Waals surface area contributed by atoms with Crippen molar-refractivity contribution in [3.63, 3.8) is 0 Å². The summed E-state index contributed by atoms with van der Waals surface area (Å²) >= 11 is 0. The summed E-state index contributed by atoms with van der Waals surface area (Å²) in [5.41, 5.74) is 0.662. The van der Waals surface area contributed by atoms with Gasteiger partial charge in [0.15, 0.2) is 0 Å². The van der Waals surface area contributed by atoms with E-state index in [0.717, 1.165) is 19.4 Å². The molecule has 0 aromatic heterocycles. The summed E-state index contributed by atoms with van der Waals surface area (Å²) in [6.07, 6.45) is 1.72. The molecule has 18 heavy (non-hydrogen) atoms. The standard InChI is InChI=1S/C13H22N2O2S/c1-4-10-14-12-8-6-7-9-13(12)18(16,17)15-11(3)5-2/h6-9,11,14-15H,4-5,10H2,1-3H3.